The first-order chi connectivity index (χ1) is 2.27. The van der Waals surface area contributed by atoms with Crippen LogP contribution in [0.25, 0.3) is 0 Å². The summed E-state index contributed by atoms with van der Waals surface area (Å²) in [5.74, 6) is 0.981. The van der Waals surface area contributed by atoms with Crippen molar-refractivity contribution in [3.8, 4) is 0 Å². The molecule has 0 heterocycles. The van der Waals surface area contributed by atoms with Crippen molar-refractivity contribution in [1.29, 1.82) is 0 Å². The normalized spacial score (nSPS) is 8.50. The summed E-state index contributed by atoms with van der Waals surface area (Å²) in [5.41, 5.74) is 0. The molecule has 4 heteroatoms. The molecule has 6 heavy (non-hydrogen) atoms. The minimum absolute atomic E-state index is 0. The van der Waals surface area contributed by atoms with E-state index in [-0.39, 0.29) is 17.4 Å². The minimum atomic E-state index is -2.08. The van der Waals surface area contributed by atoms with Crippen LogP contribution in [-0.4, -0.2) is 22.3 Å². The molecule has 0 fully saturated rings. The average Bonchev–Trinajstić information content (AvgIpc) is 1.38. The Balaban J connectivity index is 0. The molecular formula is C2H7AlO2P+. The van der Waals surface area contributed by atoms with Gasteiger partial charge < -0.3 is 0 Å². The molecule has 0 amide bonds. The molecule has 0 spiro atoms. The fourth-order valence-corrected chi connectivity index (χ4v) is 0. The Morgan fingerprint density at radius 2 is 2.00 bits per heavy atom. The van der Waals surface area contributed by atoms with Gasteiger partial charge in [-0.1, -0.05) is 0 Å². The molecule has 0 saturated carbocycles. The maximum Gasteiger partial charge on any atom is 0.537 e. The third-order valence-corrected chi connectivity index (χ3v) is 0.469. The molecule has 34 valence electrons. The second-order valence-electron chi connectivity index (χ2n) is 0.485. The minimum Gasteiger partial charge on any atom is -0.157 e. The molecule has 0 rings (SSSR count). The smallest absolute Gasteiger partial charge is 0.157 e. The van der Waals surface area contributed by atoms with E-state index in [0.717, 1.165) is 5.82 Å². The van der Waals surface area contributed by atoms with Crippen LogP contribution in [0.3, 0.4) is 0 Å². The second kappa shape index (κ2) is 5.33. The Kier molecular flexibility index (Phi) is 8.53. The molecule has 1 N–H and O–H groups in total. The standard InChI is InChI=1S/C2H3O2P.Al.3H/c1-2-5(3)4;;;;/h2H,1H2;;;;/p+1. The van der Waals surface area contributed by atoms with Crippen molar-refractivity contribution in [2.24, 2.45) is 0 Å². The predicted molar refractivity (Wildman–Crippen MR) is 30.0 cm³/mol. The molecule has 0 aliphatic rings. The van der Waals surface area contributed by atoms with Gasteiger partial charge in [0.1, 0.15) is 0 Å². The monoisotopic (exact) mass is 121 g/mol. The highest BCUT2D eigenvalue weighted by molar-refractivity contribution is 7.41. The summed E-state index contributed by atoms with van der Waals surface area (Å²) in [6, 6.07) is 0. The fourth-order valence-electron chi connectivity index (χ4n) is 0. The number of rotatable bonds is 1. The lowest BCUT2D eigenvalue weighted by molar-refractivity contribution is 0.512. The Bertz CT molecular complexity index is 62.6. The van der Waals surface area contributed by atoms with Gasteiger partial charge in [0.2, 0.25) is 0 Å². The summed E-state index contributed by atoms with van der Waals surface area (Å²) in [5, 5.41) is 0. The molecule has 0 aromatic heterocycles. The van der Waals surface area contributed by atoms with Crippen molar-refractivity contribution in [2.75, 3.05) is 0 Å². The molecule has 2 nitrogen and oxygen atoms in total. The van der Waals surface area contributed by atoms with Gasteiger partial charge in [0.15, 0.2) is 23.2 Å². The largest absolute Gasteiger partial charge is 0.537 e. The molecule has 0 saturated heterocycles. The van der Waals surface area contributed by atoms with Gasteiger partial charge in [0.25, 0.3) is 0 Å². The van der Waals surface area contributed by atoms with E-state index in [9.17, 15) is 4.57 Å². The van der Waals surface area contributed by atoms with Crippen molar-refractivity contribution in [3.05, 3.63) is 12.4 Å². The van der Waals surface area contributed by atoms with Gasteiger partial charge in [-0.3, -0.25) is 0 Å². The van der Waals surface area contributed by atoms with Gasteiger partial charge in [-0.15, -0.1) is 0 Å². The summed E-state index contributed by atoms with van der Waals surface area (Å²) in [6.45, 7) is 3.03. The van der Waals surface area contributed by atoms with Gasteiger partial charge in [-0.05, 0) is 11.1 Å². The van der Waals surface area contributed by atoms with E-state index in [4.69, 9.17) is 4.89 Å². The van der Waals surface area contributed by atoms with E-state index in [1.807, 2.05) is 0 Å². The first-order valence-corrected chi connectivity index (χ1v) is 2.33. The van der Waals surface area contributed by atoms with Gasteiger partial charge >= 0.3 is 8.03 Å². The third-order valence-electron chi connectivity index (χ3n) is 0.156. The lowest BCUT2D eigenvalue weighted by atomic mass is 11.3. The van der Waals surface area contributed by atoms with Crippen LogP contribution in [-0.2, 0) is 4.57 Å². The van der Waals surface area contributed by atoms with Gasteiger partial charge in [0, 0.05) is 0 Å². The van der Waals surface area contributed by atoms with E-state index in [1.165, 1.54) is 0 Å². The molecule has 0 aromatic rings. The highest BCUT2D eigenvalue weighted by Gasteiger charge is 1.94. The third kappa shape index (κ3) is 8.84. The van der Waals surface area contributed by atoms with Crippen LogP contribution < -0.4 is 0 Å². The lowest BCUT2D eigenvalue weighted by Crippen LogP contribution is -1.35. The van der Waals surface area contributed by atoms with E-state index in [1.54, 1.807) is 0 Å². The molecule has 1 atom stereocenters. The Hall–Kier alpha value is 0.332. The fraction of sp³-hybridized carbons (Fsp3) is 0. The van der Waals surface area contributed by atoms with E-state index in [0.29, 0.717) is 0 Å². The van der Waals surface area contributed by atoms with Gasteiger partial charge in [-0.2, -0.15) is 4.89 Å². The quantitative estimate of drug-likeness (QED) is 0.381. The molecule has 0 bridgehead atoms. The van der Waals surface area contributed by atoms with Crippen LogP contribution >= 0.6 is 8.03 Å². The predicted octanol–water partition coefficient (Wildman–Crippen LogP) is -0.319. The summed E-state index contributed by atoms with van der Waals surface area (Å²) < 4.78 is 9.40. The number of hydrogen-bond acceptors (Lipinski definition) is 1. The van der Waals surface area contributed by atoms with Crippen LogP contribution in [0.2, 0.25) is 0 Å². The molecule has 0 aromatic carbocycles. The van der Waals surface area contributed by atoms with Gasteiger partial charge in [-0.25, -0.2) is 0 Å². The van der Waals surface area contributed by atoms with E-state index < -0.39 is 8.03 Å². The summed E-state index contributed by atoms with van der Waals surface area (Å²) >= 11 is 0. The van der Waals surface area contributed by atoms with Crippen molar-refractivity contribution in [3.63, 3.8) is 0 Å². The highest BCUT2D eigenvalue weighted by atomic mass is 31.1. The zero-order chi connectivity index (χ0) is 4.28. The first-order valence-electron chi connectivity index (χ1n) is 1.05. The Morgan fingerprint density at radius 3 is 2.00 bits per heavy atom. The maximum atomic E-state index is 9.40. The Morgan fingerprint density at radius 1 is 1.83 bits per heavy atom. The van der Waals surface area contributed by atoms with E-state index >= 15 is 0 Å². The van der Waals surface area contributed by atoms with Crippen LogP contribution in [0.15, 0.2) is 12.4 Å². The molecule has 0 aliphatic heterocycles. The second-order valence-corrected chi connectivity index (χ2v) is 1.46. The van der Waals surface area contributed by atoms with Crippen molar-refractivity contribution < 1.29 is 9.46 Å². The topological polar surface area (TPSA) is 37.3 Å². The zero-order valence-electron chi connectivity index (χ0n) is 2.59. The summed E-state index contributed by atoms with van der Waals surface area (Å²) in [4.78, 5) is 7.75. The summed E-state index contributed by atoms with van der Waals surface area (Å²) in [7, 11) is -2.08. The summed E-state index contributed by atoms with van der Waals surface area (Å²) in [6.07, 6.45) is 0. The average molecular weight is 121 g/mol. The zero-order valence-corrected chi connectivity index (χ0v) is 3.48. The molecule has 1 unspecified atom stereocenters. The van der Waals surface area contributed by atoms with Crippen LogP contribution in [0.1, 0.15) is 0 Å². The lowest BCUT2D eigenvalue weighted by Gasteiger charge is -1.42. The molecule has 0 aliphatic carbocycles. The highest BCUT2D eigenvalue weighted by Crippen LogP contribution is 2.10. The van der Waals surface area contributed by atoms with Crippen LogP contribution in [0, 0.1) is 0 Å². The SMILES string of the molecule is C=C[P+](=O)O.[AlH3]. The van der Waals surface area contributed by atoms with Crippen LogP contribution in [0.5, 0.6) is 0 Å². The molecule has 0 radical (unpaired) electrons. The van der Waals surface area contributed by atoms with E-state index in [2.05, 4.69) is 6.58 Å². The van der Waals surface area contributed by atoms with Crippen molar-refractivity contribution in [2.45, 2.75) is 0 Å². The van der Waals surface area contributed by atoms with Crippen LogP contribution in [0.4, 0.5) is 0 Å². The van der Waals surface area contributed by atoms with Crippen molar-refractivity contribution >= 4 is 25.4 Å². The maximum absolute atomic E-state index is 9.40. The molecular weight excluding hydrogens is 114 g/mol. The first kappa shape index (κ1) is 9.59. The number of hydrogen-bond donors (Lipinski definition) is 1. The van der Waals surface area contributed by atoms with Crippen molar-refractivity contribution in [1.82, 2.24) is 0 Å². The van der Waals surface area contributed by atoms with Gasteiger partial charge in [0.05, 0.1) is 0 Å². The Labute approximate surface area is 47.9 Å².